The summed E-state index contributed by atoms with van der Waals surface area (Å²) in [6.07, 6.45) is 0. The van der Waals surface area contributed by atoms with Gasteiger partial charge in [0.2, 0.25) is 0 Å². The zero-order valence-corrected chi connectivity index (χ0v) is 37.5. The molecule has 1 nitrogen and oxygen atoms in total. The Morgan fingerprint density at radius 1 is 0.328 bits per heavy atom. The molecule has 0 amide bonds. The fourth-order valence-electron chi connectivity index (χ4n) is 11.0. The Hall–Kier alpha value is -8.30. The van der Waals surface area contributed by atoms with E-state index in [0.717, 1.165) is 22.6 Å². The SMILES string of the molecule is c1ccc(C2(c3ccccc3)c3ccccc3-c3c(N(c4cccc(-c5cccc(-c6cccc7c6sc6ccccc67)c5)c4)c4cccc(-c5cccc6ccccc56)c4)cccc32)cc1. The van der Waals surface area contributed by atoms with E-state index in [2.05, 4.69) is 266 Å². The van der Waals surface area contributed by atoms with Gasteiger partial charge >= 0.3 is 0 Å². The highest BCUT2D eigenvalue weighted by molar-refractivity contribution is 7.26. The van der Waals surface area contributed by atoms with E-state index >= 15 is 0 Å². The zero-order chi connectivity index (χ0) is 44.3. The molecule has 1 heterocycles. The van der Waals surface area contributed by atoms with E-state index < -0.39 is 5.41 Å². The van der Waals surface area contributed by atoms with Gasteiger partial charge in [-0.3, -0.25) is 0 Å². The van der Waals surface area contributed by atoms with Gasteiger partial charge in [0, 0.05) is 37.1 Å². The summed E-state index contributed by atoms with van der Waals surface area (Å²) >= 11 is 1.88. The van der Waals surface area contributed by atoms with Gasteiger partial charge < -0.3 is 4.90 Å². The largest absolute Gasteiger partial charge is 0.310 e. The smallest absolute Gasteiger partial charge is 0.0714 e. The molecular formula is C65H43NS. The minimum Gasteiger partial charge on any atom is -0.310 e. The molecule has 0 N–H and O–H groups in total. The second-order valence-electron chi connectivity index (χ2n) is 17.6. The van der Waals surface area contributed by atoms with Crippen LogP contribution in [0.1, 0.15) is 22.3 Å². The van der Waals surface area contributed by atoms with Gasteiger partial charge in [0.05, 0.1) is 11.1 Å². The molecule has 0 aliphatic heterocycles. The lowest BCUT2D eigenvalue weighted by molar-refractivity contribution is 0.768. The first kappa shape index (κ1) is 39.1. The molecule has 0 radical (unpaired) electrons. The Bertz CT molecular complexity index is 3780. The van der Waals surface area contributed by atoms with E-state index in [1.165, 1.54) is 92.1 Å². The Morgan fingerprint density at radius 3 is 1.63 bits per heavy atom. The normalized spacial score (nSPS) is 12.6. The molecule has 11 aromatic carbocycles. The number of hydrogen-bond acceptors (Lipinski definition) is 2. The van der Waals surface area contributed by atoms with E-state index in [-0.39, 0.29) is 0 Å². The Labute approximate surface area is 395 Å². The first-order valence-electron chi connectivity index (χ1n) is 23.1. The van der Waals surface area contributed by atoms with Crippen molar-refractivity contribution in [3.8, 4) is 44.5 Å². The summed E-state index contributed by atoms with van der Waals surface area (Å²) in [5.41, 5.74) is 17.6. The summed E-state index contributed by atoms with van der Waals surface area (Å²) in [6, 6.07) is 96.4. The highest BCUT2D eigenvalue weighted by atomic mass is 32.1. The maximum absolute atomic E-state index is 2.50. The van der Waals surface area contributed by atoms with Crippen molar-refractivity contribution < 1.29 is 0 Å². The topological polar surface area (TPSA) is 3.24 Å². The van der Waals surface area contributed by atoms with Gasteiger partial charge in [-0.25, -0.2) is 0 Å². The van der Waals surface area contributed by atoms with Gasteiger partial charge in [0.1, 0.15) is 0 Å². The molecule has 0 spiro atoms. The molecule has 67 heavy (non-hydrogen) atoms. The van der Waals surface area contributed by atoms with Crippen LogP contribution in [-0.4, -0.2) is 0 Å². The minimum absolute atomic E-state index is 0.527. The summed E-state index contributed by atoms with van der Waals surface area (Å²) in [4.78, 5) is 2.50. The van der Waals surface area contributed by atoms with E-state index in [0.29, 0.717) is 0 Å². The van der Waals surface area contributed by atoms with Crippen LogP contribution in [0.4, 0.5) is 17.1 Å². The number of anilines is 3. The molecule has 0 atom stereocenters. The van der Waals surface area contributed by atoms with Crippen LogP contribution < -0.4 is 4.90 Å². The molecule has 0 unspecified atom stereocenters. The predicted molar refractivity (Wildman–Crippen MR) is 285 cm³/mol. The highest BCUT2D eigenvalue weighted by Crippen LogP contribution is 2.59. The summed E-state index contributed by atoms with van der Waals surface area (Å²) in [6.45, 7) is 0. The number of rotatable bonds is 8. The number of thiophene rings is 1. The van der Waals surface area contributed by atoms with Crippen molar-refractivity contribution in [1.29, 1.82) is 0 Å². The molecule has 0 saturated heterocycles. The highest BCUT2D eigenvalue weighted by Gasteiger charge is 2.47. The lowest BCUT2D eigenvalue weighted by atomic mass is 9.68. The summed E-state index contributed by atoms with van der Waals surface area (Å²) in [7, 11) is 0. The summed E-state index contributed by atoms with van der Waals surface area (Å²) in [5, 5.41) is 5.10. The standard InChI is InChI=1S/C65H43NS/c1-3-25-49(26-4-1)65(50-27-5-2-6-28-50)59-37-11-9-33-58(59)63-60(65)38-18-39-61(63)66(52-30-15-24-48(43-52)54-34-16-20-44-19-7-8-31-53(44)54)51-29-14-22-46(42-51)45-21-13-23-47(41-45)55-35-17-36-57-56-32-10-12-40-62(56)67-64(55)57/h1-43H. The molecule has 0 saturated carbocycles. The Kier molecular flexibility index (Phi) is 9.33. The van der Waals surface area contributed by atoms with E-state index in [9.17, 15) is 0 Å². The molecule has 1 aromatic heterocycles. The average Bonchev–Trinajstić information content (AvgIpc) is 3.94. The molecule has 13 rings (SSSR count). The zero-order valence-electron chi connectivity index (χ0n) is 36.7. The van der Waals surface area contributed by atoms with Crippen LogP contribution in [0, 0.1) is 0 Å². The van der Waals surface area contributed by atoms with Crippen LogP contribution in [0.5, 0.6) is 0 Å². The van der Waals surface area contributed by atoms with Crippen LogP contribution in [0.15, 0.2) is 261 Å². The third-order valence-corrected chi connectivity index (χ3v) is 15.1. The Morgan fingerprint density at radius 2 is 0.836 bits per heavy atom. The van der Waals surface area contributed by atoms with Gasteiger partial charge in [-0.1, -0.05) is 218 Å². The molecule has 0 fully saturated rings. The summed E-state index contributed by atoms with van der Waals surface area (Å²) < 4.78 is 2.64. The van der Waals surface area contributed by atoms with Crippen LogP contribution >= 0.6 is 11.3 Å². The van der Waals surface area contributed by atoms with Gasteiger partial charge in [-0.05, 0) is 114 Å². The predicted octanol–water partition coefficient (Wildman–Crippen LogP) is 18.0. The van der Waals surface area contributed by atoms with Gasteiger partial charge in [-0.2, -0.15) is 0 Å². The average molecular weight is 870 g/mol. The van der Waals surface area contributed by atoms with Gasteiger partial charge in [0.25, 0.3) is 0 Å². The number of benzene rings is 11. The van der Waals surface area contributed by atoms with E-state index in [1.807, 2.05) is 11.3 Å². The fraction of sp³-hybridized carbons (Fsp3) is 0.0154. The number of hydrogen-bond donors (Lipinski definition) is 0. The van der Waals surface area contributed by atoms with Gasteiger partial charge in [0.15, 0.2) is 0 Å². The quantitative estimate of drug-likeness (QED) is 0.147. The monoisotopic (exact) mass is 869 g/mol. The van der Waals surface area contributed by atoms with Crippen molar-refractivity contribution >= 4 is 59.3 Å². The van der Waals surface area contributed by atoms with Crippen molar-refractivity contribution in [3.63, 3.8) is 0 Å². The molecule has 1 aliphatic carbocycles. The number of nitrogens with zero attached hydrogens (tertiary/aromatic N) is 1. The molecule has 2 heteroatoms. The molecule has 314 valence electrons. The Balaban J connectivity index is 1.03. The third-order valence-electron chi connectivity index (χ3n) is 13.9. The van der Waals surface area contributed by atoms with Crippen molar-refractivity contribution in [2.75, 3.05) is 4.90 Å². The van der Waals surface area contributed by atoms with E-state index in [1.54, 1.807) is 0 Å². The van der Waals surface area contributed by atoms with Crippen molar-refractivity contribution in [1.82, 2.24) is 0 Å². The molecule has 12 aromatic rings. The first-order chi connectivity index (χ1) is 33.2. The second kappa shape index (κ2) is 16.0. The lowest BCUT2D eigenvalue weighted by Crippen LogP contribution is -2.28. The van der Waals surface area contributed by atoms with Crippen LogP contribution in [0.25, 0.3) is 75.5 Å². The first-order valence-corrected chi connectivity index (χ1v) is 23.9. The molecular weight excluding hydrogens is 827 g/mol. The van der Waals surface area contributed by atoms with Crippen LogP contribution in [-0.2, 0) is 5.41 Å². The van der Waals surface area contributed by atoms with Crippen LogP contribution in [0.3, 0.4) is 0 Å². The van der Waals surface area contributed by atoms with Crippen molar-refractivity contribution in [3.05, 3.63) is 283 Å². The lowest BCUT2D eigenvalue weighted by Gasteiger charge is -2.34. The second-order valence-corrected chi connectivity index (χ2v) is 18.6. The number of fused-ring (bicyclic) bond motifs is 7. The van der Waals surface area contributed by atoms with Crippen LogP contribution in [0.2, 0.25) is 0 Å². The molecule has 1 aliphatic rings. The maximum Gasteiger partial charge on any atom is 0.0714 e. The maximum atomic E-state index is 2.50. The third kappa shape index (κ3) is 6.29. The minimum atomic E-state index is -0.527. The summed E-state index contributed by atoms with van der Waals surface area (Å²) in [5.74, 6) is 0. The fourth-order valence-corrected chi connectivity index (χ4v) is 12.3. The van der Waals surface area contributed by atoms with E-state index in [4.69, 9.17) is 0 Å². The van der Waals surface area contributed by atoms with Crippen molar-refractivity contribution in [2.45, 2.75) is 5.41 Å². The van der Waals surface area contributed by atoms with Gasteiger partial charge in [-0.15, -0.1) is 11.3 Å². The molecule has 0 bridgehead atoms. The van der Waals surface area contributed by atoms with Crippen molar-refractivity contribution in [2.24, 2.45) is 0 Å².